The second-order valence-corrected chi connectivity index (χ2v) is 5.10. The maximum atomic E-state index is 6.21. The van der Waals surface area contributed by atoms with Gasteiger partial charge in [0.2, 0.25) is 0 Å². The standard InChI is InChI=1S/C15H20ClN3/c1-3-19-11-12(10-18-19)8-14(17-2)9-13-6-4-5-7-15(13)16/h4-7,10-11,14,17H,3,8-9H2,1-2H3. The first-order valence-corrected chi connectivity index (χ1v) is 7.02. The summed E-state index contributed by atoms with van der Waals surface area (Å²) in [4.78, 5) is 0. The molecule has 0 fully saturated rings. The van der Waals surface area contributed by atoms with E-state index in [0.717, 1.165) is 24.4 Å². The zero-order valence-electron chi connectivity index (χ0n) is 11.4. The van der Waals surface area contributed by atoms with E-state index >= 15 is 0 Å². The van der Waals surface area contributed by atoms with Crippen LogP contribution in [0.5, 0.6) is 0 Å². The van der Waals surface area contributed by atoms with Gasteiger partial charge >= 0.3 is 0 Å². The minimum atomic E-state index is 0.370. The molecule has 3 nitrogen and oxygen atoms in total. The van der Waals surface area contributed by atoms with Crippen LogP contribution in [-0.4, -0.2) is 22.9 Å². The molecule has 0 spiro atoms. The third kappa shape index (κ3) is 3.82. The van der Waals surface area contributed by atoms with Crippen LogP contribution >= 0.6 is 11.6 Å². The summed E-state index contributed by atoms with van der Waals surface area (Å²) >= 11 is 6.21. The van der Waals surface area contributed by atoms with Crippen molar-refractivity contribution in [2.24, 2.45) is 0 Å². The molecule has 2 rings (SSSR count). The topological polar surface area (TPSA) is 29.9 Å². The molecule has 0 aliphatic carbocycles. The monoisotopic (exact) mass is 277 g/mol. The van der Waals surface area contributed by atoms with Gasteiger partial charge in [-0.2, -0.15) is 5.10 Å². The van der Waals surface area contributed by atoms with Crippen LogP contribution in [0.15, 0.2) is 36.7 Å². The number of halogens is 1. The summed E-state index contributed by atoms with van der Waals surface area (Å²) < 4.78 is 1.96. The van der Waals surface area contributed by atoms with E-state index in [4.69, 9.17) is 11.6 Å². The highest BCUT2D eigenvalue weighted by molar-refractivity contribution is 6.31. The molecule has 0 aliphatic rings. The summed E-state index contributed by atoms with van der Waals surface area (Å²) in [5.74, 6) is 0. The van der Waals surface area contributed by atoms with Gasteiger partial charge in [-0.3, -0.25) is 4.68 Å². The predicted octanol–water partition coefficient (Wildman–Crippen LogP) is 2.93. The van der Waals surface area contributed by atoms with Crippen molar-refractivity contribution in [3.63, 3.8) is 0 Å². The number of nitrogens with one attached hydrogen (secondary N) is 1. The lowest BCUT2D eigenvalue weighted by molar-refractivity contribution is 0.556. The molecule has 1 aromatic heterocycles. The highest BCUT2D eigenvalue weighted by atomic mass is 35.5. The first kappa shape index (κ1) is 14.1. The molecule has 0 aliphatic heterocycles. The molecule has 0 saturated carbocycles. The molecule has 0 bridgehead atoms. The van der Waals surface area contributed by atoms with Gasteiger partial charge in [0.25, 0.3) is 0 Å². The van der Waals surface area contributed by atoms with Crippen LogP contribution in [0.2, 0.25) is 5.02 Å². The summed E-state index contributed by atoms with van der Waals surface area (Å²) in [7, 11) is 1.99. The summed E-state index contributed by atoms with van der Waals surface area (Å²) in [6.45, 7) is 3.00. The highest BCUT2D eigenvalue weighted by Crippen LogP contribution is 2.17. The Morgan fingerprint density at radius 1 is 1.32 bits per heavy atom. The average molecular weight is 278 g/mol. The summed E-state index contributed by atoms with van der Waals surface area (Å²) in [6.07, 6.45) is 5.94. The minimum Gasteiger partial charge on any atom is -0.316 e. The molecule has 0 amide bonds. The Morgan fingerprint density at radius 2 is 2.11 bits per heavy atom. The smallest absolute Gasteiger partial charge is 0.0522 e. The number of nitrogens with zero attached hydrogens (tertiary/aromatic N) is 2. The maximum absolute atomic E-state index is 6.21. The SMILES string of the molecule is CCn1cc(CC(Cc2ccccc2Cl)NC)cn1. The zero-order chi connectivity index (χ0) is 13.7. The Balaban J connectivity index is 2.02. The normalized spacial score (nSPS) is 12.6. The van der Waals surface area contributed by atoms with Crippen molar-refractivity contribution in [3.05, 3.63) is 52.8 Å². The fraction of sp³-hybridized carbons (Fsp3) is 0.400. The van der Waals surface area contributed by atoms with E-state index < -0.39 is 0 Å². The number of aryl methyl sites for hydroxylation is 1. The van der Waals surface area contributed by atoms with Gasteiger partial charge in [0.1, 0.15) is 0 Å². The maximum Gasteiger partial charge on any atom is 0.0522 e. The lowest BCUT2D eigenvalue weighted by Crippen LogP contribution is -2.29. The molecular formula is C15H20ClN3. The third-order valence-corrected chi connectivity index (χ3v) is 3.69. The van der Waals surface area contributed by atoms with Gasteiger partial charge in [0.15, 0.2) is 0 Å². The molecule has 19 heavy (non-hydrogen) atoms. The van der Waals surface area contributed by atoms with Gasteiger partial charge < -0.3 is 5.32 Å². The van der Waals surface area contributed by atoms with Crippen molar-refractivity contribution in [2.75, 3.05) is 7.05 Å². The van der Waals surface area contributed by atoms with Crippen LogP contribution in [0.1, 0.15) is 18.1 Å². The molecule has 1 atom stereocenters. The third-order valence-electron chi connectivity index (χ3n) is 3.33. The first-order chi connectivity index (χ1) is 9.22. The van der Waals surface area contributed by atoms with Crippen LogP contribution < -0.4 is 5.32 Å². The van der Waals surface area contributed by atoms with Gasteiger partial charge in [0.05, 0.1) is 6.20 Å². The quantitative estimate of drug-likeness (QED) is 0.880. The lowest BCUT2D eigenvalue weighted by atomic mass is 10.0. The molecule has 1 aromatic carbocycles. The van der Waals surface area contributed by atoms with Crippen LogP contribution in [-0.2, 0) is 19.4 Å². The second-order valence-electron chi connectivity index (χ2n) is 4.69. The Labute approximate surface area is 119 Å². The van der Waals surface area contributed by atoms with Crippen molar-refractivity contribution in [2.45, 2.75) is 32.4 Å². The molecule has 0 radical (unpaired) electrons. The van der Waals surface area contributed by atoms with Gasteiger partial charge in [-0.05, 0) is 44.0 Å². The van der Waals surface area contributed by atoms with Crippen LogP contribution in [0.3, 0.4) is 0 Å². The molecule has 1 unspecified atom stereocenters. The number of rotatable bonds is 6. The van der Waals surface area contributed by atoms with E-state index in [-0.39, 0.29) is 0 Å². The Bertz CT molecular complexity index is 522. The predicted molar refractivity (Wildman–Crippen MR) is 79.6 cm³/mol. The van der Waals surface area contributed by atoms with E-state index in [1.807, 2.05) is 36.1 Å². The van der Waals surface area contributed by atoms with Crippen molar-refractivity contribution in [1.82, 2.24) is 15.1 Å². The number of aromatic nitrogens is 2. The molecule has 4 heteroatoms. The van der Waals surface area contributed by atoms with Crippen LogP contribution in [0.25, 0.3) is 0 Å². The summed E-state index contributed by atoms with van der Waals surface area (Å²) in [5, 5.41) is 8.51. The Kier molecular flexibility index (Phi) is 5.00. The molecule has 102 valence electrons. The fourth-order valence-electron chi connectivity index (χ4n) is 2.17. The molecule has 1 N–H and O–H groups in total. The number of benzene rings is 1. The van der Waals surface area contributed by atoms with E-state index in [2.05, 4.69) is 29.6 Å². The van der Waals surface area contributed by atoms with Crippen LogP contribution in [0, 0.1) is 0 Å². The lowest BCUT2D eigenvalue weighted by Gasteiger charge is -2.16. The Hall–Kier alpha value is -1.32. The molecule has 0 saturated heterocycles. The van der Waals surface area contributed by atoms with E-state index in [1.165, 1.54) is 11.1 Å². The van der Waals surface area contributed by atoms with Crippen LogP contribution in [0.4, 0.5) is 0 Å². The molecule has 1 heterocycles. The van der Waals surface area contributed by atoms with E-state index in [0.29, 0.717) is 6.04 Å². The second kappa shape index (κ2) is 6.73. The van der Waals surface area contributed by atoms with Gasteiger partial charge in [-0.1, -0.05) is 29.8 Å². The first-order valence-electron chi connectivity index (χ1n) is 6.65. The molecule has 2 aromatic rings. The largest absolute Gasteiger partial charge is 0.316 e. The van der Waals surface area contributed by atoms with Crippen molar-refractivity contribution < 1.29 is 0 Å². The van der Waals surface area contributed by atoms with Gasteiger partial charge in [0, 0.05) is 23.8 Å². The van der Waals surface area contributed by atoms with Gasteiger partial charge in [-0.25, -0.2) is 0 Å². The van der Waals surface area contributed by atoms with E-state index in [1.54, 1.807) is 0 Å². The average Bonchev–Trinajstić information content (AvgIpc) is 2.88. The summed E-state index contributed by atoms with van der Waals surface area (Å²) in [5.41, 5.74) is 2.44. The fourth-order valence-corrected chi connectivity index (χ4v) is 2.39. The Morgan fingerprint density at radius 3 is 2.74 bits per heavy atom. The highest BCUT2D eigenvalue weighted by Gasteiger charge is 2.11. The minimum absolute atomic E-state index is 0.370. The summed E-state index contributed by atoms with van der Waals surface area (Å²) in [6, 6.07) is 8.39. The number of hydrogen-bond acceptors (Lipinski definition) is 2. The molecular weight excluding hydrogens is 258 g/mol. The number of likely N-dealkylation sites (N-methyl/N-ethyl adjacent to an activating group) is 1. The van der Waals surface area contributed by atoms with Crippen molar-refractivity contribution in [3.8, 4) is 0 Å². The van der Waals surface area contributed by atoms with Crippen molar-refractivity contribution >= 4 is 11.6 Å². The van der Waals surface area contributed by atoms with Crippen molar-refractivity contribution in [1.29, 1.82) is 0 Å². The van der Waals surface area contributed by atoms with Gasteiger partial charge in [-0.15, -0.1) is 0 Å². The van der Waals surface area contributed by atoms with E-state index in [9.17, 15) is 0 Å². The number of hydrogen-bond donors (Lipinski definition) is 1. The zero-order valence-corrected chi connectivity index (χ0v) is 12.2.